The van der Waals surface area contributed by atoms with Crippen molar-refractivity contribution in [3.8, 4) is 0 Å². The van der Waals surface area contributed by atoms with Gasteiger partial charge >= 0.3 is 5.97 Å². The molecule has 0 radical (unpaired) electrons. The van der Waals surface area contributed by atoms with Crippen LogP contribution in [0.1, 0.15) is 43.2 Å². The molecule has 1 saturated carbocycles. The molecular formula is C31H31Cl2N3O5S. The van der Waals surface area contributed by atoms with Crippen molar-refractivity contribution in [3.63, 3.8) is 0 Å². The number of halogens is 2. The largest absolute Gasteiger partial charge is 0.481 e. The highest BCUT2D eigenvalue weighted by molar-refractivity contribution is 7.18. The highest BCUT2D eigenvalue weighted by atomic mass is 35.5. The minimum absolute atomic E-state index is 0.0581. The lowest BCUT2D eigenvalue weighted by molar-refractivity contribution is -0.141. The van der Waals surface area contributed by atoms with E-state index in [0.29, 0.717) is 41.5 Å². The molecule has 1 aliphatic heterocycles. The molecule has 220 valence electrons. The van der Waals surface area contributed by atoms with E-state index in [0.717, 1.165) is 28.5 Å². The van der Waals surface area contributed by atoms with Crippen LogP contribution in [0.3, 0.4) is 0 Å². The Balaban J connectivity index is 1.13. The van der Waals surface area contributed by atoms with Crippen molar-refractivity contribution in [2.75, 3.05) is 19.6 Å². The first-order valence-electron chi connectivity index (χ1n) is 13.9. The van der Waals surface area contributed by atoms with Crippen molar-refractivity contribution >= 4 is 74.4 Å². The number of piperidine rings is 1. The summed E-state index contributed by atoms with van der Waals surface area (Å²) < 4.78 is 0.904. The van der Waals surface area contributed by atoms with E-state index in [1.54, 1.807) is 11.0 Å². The number of amides is 3. The van der Waals surface area contributed by atoms with E-state index in [-0.39, 0.29) is 24.4 Å². The molecule has 1 unspecified atom stereocenters. The van der Waals surface area contributed by atoms with Gasteiger partial charge in [0.25, 0.3) is 0 Å². The molecule has 8 nitrogen and oxygen atoms in total. The van der Waals surface area contributed by atoms with Crippen LogP contribution < -0.4 is 10.6 Å². The highest BCUT2D eigenvalue weighted by Gasteiger charge is 2.51. The lowest BCUT2D eigenvalue weighted by Gasteiger charge is -2.32. The maximum absolute atomic E-state index is 13.1. The number of thiophene rings is 1. The fraction of sp³-hybridized carbons (Fsp3) is 0.355. The molecule has 2 aromatic carbocycles. The molecule has 1 aromatic heterocycles. The molecular weight excluding hydrogens is 597 g/mol. The van der Waals surface area contributed by atoms with Crippen molar-refractivity contribution in [2.45, 2.75) is 43.6 Å². The predicted octanol–water partition coefficient (Wildman–Crippen LogP) is 5.27. The summed E-state index contributed by atoms with van der Waals surface area (Å²) in [5.74, 6) is -2.79. The fourth-order valence-corrected chi connectivity index (χ4v) is 6.84. The number of likely N-dealkylation sites (tertiary alicyclic amines) is 1. The number of carboxylic acids is 1. The second-order valence-corrected chi connectivity index (χ2v) is 12.5. The van der Waals surface area contributed by atoms with E-state index in [1.165, 1.54) is 17.4 Å². The number of rotatable bonds is 10. The van der Waals surface area contributed by atoms with E-state index >= 15 is 0 Å². The Hall–Kier alpha value is -3.40. The van der Waals surface area contributed by atoms with E-state index in [2.05, 4.69) is 10.6 Å². The molecule has 1 atom stereocenters. The zero-order valence-corrected chi connectivity index (χ0v) is 25.1. The number of hydrogen-bond acceptors (Lipinski definition) is 5. The van der Waals surface area contributed by atoms with Crippen molar-refractivity contribution in [2.24, 2.45) is 5.92 Å². The Morgan fingerprint density at radius 2 is 1.79 bits per heavy atom. The smallest absolute Gasteiger partial charge is 0.304 e. The summed E-state index contributed by atoms with van der Waals surface area (Å²) in [5, 5.41) is 18.9. The van der Waals surface area contributed by atoms with Crippen LogP contribution >= 0.6 is 34.5 Å². The van der Waals surface area contributed by atoms with Gasteiger partial charge in [0.2, 0.25) is 17.7 Å². The molecule has 5 rings (SSSR count). The van der Waals surface area contributed by atoms with Crippen molar-refractivity contribution in [1.82, 2.24) is 15.5 Å². The molecule has 2 heterocycles. The maximum Gasteiger partial charge on any atom is 0.304 e. The van der Waals surface area contributed by atoms with Gasteiger partial charge in [-0.2, -0.15) is 0 Å². The van der Waals surface area contributed by atoms with Crippen LogP contribution in [0.4, 0.5) is 0 Å². The van der Waals surface area contributed by atoms with Crippen LogP contribution in [0.15, 0.2) is 53.9 Å². The Kier molecular flexibility index (Phi) is 9.20. The van der Waals surface area contributed by atoms with Gasteiger partial charge in [-0.05, 0) is 65.8 Å². The SMILES string of the molecule is O=C(O)CC(CNC(=O)C1(c2ccccc2)CC1)C(=O)NC1CCN(C(=O)C=Cc2cc3ccsc3c(Cl)c2Cl)CC1. The third kappa shape index (κ3) is 6.64. The lowest BCUT2D eigenvalue weighted by atomic mass is 9.94. The number of carboxylic acid groups (broad SMARTS) is 1. The van der Waals surface area contributed by atoms with E-state index in [1.807, 2.05) is 47.8 Å². The van der Waals surface area contributed by atoms with Gasteiger partial charge in [-0.1, -0.05) is 53.5 Å². The average molecular weight is 629 g/mol. The zero-order valence-electron chi connectivity index (χ0n) is 22.8. The number of nitrogens with one attached hydrogen (secondary N) is 2. The third-order valence-corrected chi connectivity index (χ3v) is 9.96. The third-order valence-electron chi connectivity index (χ3n) is 8.02. The Morgan fingerprint density at radius 3 is 2.45 bits per heavy atom. The quantitative estimate of drug-likeness (QED) is 0.265. The first-order valence-corrected chi connectivity index (χ1v) is 15.5. The van der Waals surface area contributed by atoms with Gasteiger partial charge in [-0.3, -0.25) is 19.2 Å². The summed E-state index contributed by atoms with van der Waals surface area (Å²) in [5.41, 5.74) is 0.984. The average Bonchev–Trinajstić information content (AvgIpc) is 3.67. The van der Waals surface area contributed by atoms with Crippen molar-refractivity contribution in [3.05, 3.63) is 75.1 Å². The molecule has 3 amide bonds. The van der Waals surface area contributed by atoms with Gasteiger partial charge < -0.3 is 20.6 Å². The van der Waals surface area contributed by atoms with Crippen LogP contribution in [0.25, 0.3) is 16.2 Å². The fourth-order valence-electron chi connectivity index (χ4n) is 5.40. The molecule has 1 saturated heterocycles. The van der Waals surface area contributed by atoms with Gasteiger partial charge in [-0.15, -0.1) is 11.3 Å². The van der Waals surface area contributed by atoms with E-state index in [4.69, 9.17) is 23.2 Å². The number of fused-ring (bicyclic) bond motifs is 1. The standard InChI is InChI=1S/C31H31Cl2N3O5S/c32-26-19(16-20-10-15-42-28(20)27(26)33)6-7-24(37)36-13-8-23(9-14-36)35-29(40)21(17-25(38)39)18-34-30(41)31(11-12-31)22-4-2-1-3-5-22/h1-7,10,15-16,21,23H,8-9,11-14,17-18H2,(H,34,41)(H,35,40)(H,38,39). The van der Waals surface area contributed by atoms with Gasteiger partial charge in [0, 0.05) is 31.8 Å². The minimum atomic E-state index is -1.11. The minimum Gasteiger partial charge on any atom is -0.481 e. The van der Waals surface area contributed by atoms with Gasteiger partial charge in [0.1, 0.15) is 0 Å². The Labute approximate surface area is 257 Å². The number of carbonyl (C=O) groups excluding carboxylic acids is 3. The summed E-state index contributed by atoms with van der Waals surface area (Å²) >= 11 is 14.3. The van der Waals surface area contributed by atoms with Crippen molar-refractivity contribution in [1.29, 1.82) is 0 Å². The Morgan fingerprint density at radius 1 is 1.07 bits per heavy atom. The van der Waals surface area contributed by atoms with Crippen LogP contribution in [0, 0.1) is 5.92 Å². The zero-order chi connectivity index (χ0) is 29.9. The second kappa shape index (κ2) is 12.9. The number of nitrogens with zero attached hydrogens (tertiary/aromatic N) is 1. The summed E-state index contributed by atoms with van der Waals surface area (Å²) in [6.07, 6.45) is 5.24. The first kappa shape index (κ1) is 30.1. The summed E-state index contributed by atoms with van der Waals surface area (Å²) in [4.78, 5) is 52.1. The lowest BCUT2D eigenvalue weighted by Crippen LogP contribution is -2.49. The van der Waals surface area contributed by atoms with Gasteiger partial charge in [-0.25, -0.2) is 0 Å². The molecule has 42 heavy (non-hydrogen) atoms. The van der Waals surface area contributed by atoms with Gasteiger partial charge in [0.05, 0.1) is 32.5 Å². The summed E-state index contributed by atoms with van der Waals surface area (Å²) in [7, 11) is 0. The van der Waals surface area contributed by atoms with E-state index in [9.17, 15) is 24.3 Å². The maximum atomic E-state index is 13.1. The molecule has 0 spiro atoms. The number of carbonyl (C=O) groups is 4. The van der Waals surface area contributed by atoms with E-state index < -0.39 is 29.6 Å². The topological polar surface area (TPSA) is 116 Å². The highest BCUT2D eigenvalue weighted by Crippen LogP contribution is 2.48. The predicted molar refractivity (Wildman–Crippen MR) is 165 cm³/mol. The van der Waals surface area contributed by atoms with Crippen LogP contribution in [-0.2, 0) is 24.6 Å². The second-order valence-electron chi connectivity index (χ2n) is 10.8. The Bertz CT molecular complexity index is 1530. The number of aliphatic carboxylic acids is 1. The summed E-state index contributed by atoms with van der Waals surface area (Å²) in [6, 6.07) is 13.1. The normalized spacial score (nSPS) is 17.2. The molecule has 11 heteroatoms. The summed E-state index contributed by atoms with van der Waals surface area (Å²) in [6.45, 7) is 0.815. The van der Waals surface area contributed by atoms with Crippen molar-refractivity contribution < 1.29 is 24.3 Å². The number of hydrogen-bond donors (Lipinski definition) is 3. The molecule has 1 aliphatic carbocycles. The molecule has 3 N–H and O–H groups in total. The van der Waals surface area contributed by atoms with Crippen LogP contribution in [-0.4, -0.2) is 59.4 Å². The molecule has 2 aliphatic rings. The number of benzene rings is 2. The first-order chi connectivity index (χ1) is 20.2. The van der Waals surface area contributed by atoms with Gasteiger partial charge in [0.15, 0.2) is 0 Å². The molecule has 0 bridgehead atoms. The van der Waals surface area contributed by atoms with Crippen LogP contribution in [0.2, 0.25) is 10.0 Å². The van der Waals surface area contributed by atoms with Crippen LogP contribution in [0.5, 0.6) is 0 Å². The molecule has 2 fully saturated rings. The monoisotopic (exact) mass is 627 g/mol. The molecule has 3 aromatic rings.